The molecule has 0 saturated carbocycles. The molecule has 0 aromatic heterocycles. The normalized spacial score (nSPS) is 40.9. The first-order valence-corrected chi connectivity index (χ1v) is 3.40. The van der Waals surface area contributed by atoms with Crippen LogP contribution in [0.25, 0.3) is 0 Å². The zero-order chi connectivity index (χ0) is 6.15. The molecule has 1 heterocycles. The van der Waals surface area contributed by atoms with Crippen molar-refractivity contribution < 1.29 is 0 Å². The summed E-state index contributed by atoms with van der Waals surface area (Å²) in [5, 5.41) is 0. The van der Waals surface area contributed by atoms with E-state index in [4.69, 9.17) is 0 Å². The highest BCUT2D eigenvalue weighted by Crippen LogP contribution is 2.19. The Morgan fingerprint density at radius 2 is 2.00 bits per heavy atom. The van der Waals surface area contributed by atoms with Crippen LogP contribution in [-0.4, -0.2) is 24.5 Å². The van der Waals surface area contributed by atoms with Crippen molar-refractivity contribution in [2.45, 2.75) is 26.3 Å². The average Bonchev–Trinajstić information content (AvgIpc) is 1.85. The highest BCUT2D eigenvalue weighted by atomic mass is 15.1. The van der Waals surface area contributed by atoms with Gasteiger partial charge in [-0.15, -0.1) is 0 Å². The molecule has 48 valence electrons. The van der Waals surface area contributed by atoms with Gasteiger partial charge in [0.1, 0.15) is 0 Å². The minimum absolute atomic E-state index is 0.824. The Kier molecular flexibility index (Phi) is 1.57. The quantitative estimate of drug-likeness (QED) is 0.458. The van der Waals surface area contributed by atoms with E-state index in [0.717, 1.165) is 12.0 Å². The topological polar surface area (TPSA) is 3.24 Å². The summed E-state index contributed by atoms with van der Waals surface area (Å²) in [7, 11) is 2.20. The maximum absolute atomic E-state index is 2.42. The van der Waals surface area contributed by atoms with Crippen molar-refractivity contribution in [3.8, 4) is 0 Å². The molecule has 1 saturated heterocycles. The van der Waals surface area contributed by atoms with Crippen LogP contribution in [0.5, 0.6) is 0 Å². The molecule has 0 aromatic rings. The SMILES string of the molecule is C[C@H]1C[C@@H](C)N(C)C1. The van der Waals surface area contributed by atoms with E-state index >= 15 is 0 Å². The van der Waals surface area contributed by atoms with Crippen LogP contribution in [0.4, 0.5) is 0 Å². The Balaban J connectivity index is 2.39. The largest absolute Gasteiger partial charge is 0.303 e. The van der Waals surface area contributed by atoms with Crippen LogP contribution in [0, 0.1) is 5.92 Å². The predicted molar refractivity (Wildman–Crippen MR) is 35.9 cm³/mol. The van der Waals surface area contributed by atoms with E-state index in [9.17, 15) is 0 Å². The molecule has 1 aliphatic heterocycles. The Hall–Kier alpha value is -0.0400. The van der Waals surface area contributed by atoms with Crippen LogP contribution in [0.15, 0.2) is 0 Å². The first-order valence-electron chi connectivity index (χ1n) is 3.40. The number of hydrogen-bond donors (Lipinski definition) is 0. The van der Waals surface area contributed by atoms with Gasteiger partial charge < -0.3 is 4.90 Å². The summed E-state index contributed by atoms with van der Waals surface area (Å²) in [5.74, 6) is 0.926. The van der Waals surface area contributed by atoms with E-state index in [2.05, 4.69) is 25.8 Å². The highest BCUT2D eigenvalue weighted by molar-refractivity contribution is 4.76. The molecule has 0 spiro atoms. The molecule has 0 N–H and O–H groups in total. The second-order valence-corrected chi connectivity index (χ2v) is 3.13. The highest BCUT2D eigenvalue weighted by Gasteiger charge is 2.21. The van der Waals surface area contributed by atoms with Gasteiger partial charge in [0.25, 0.3) is 0 Å². The van der Waals surface area contributed by atoms with Crippen molar-refractivity contribution in [1.29, 1.82) is 0 Å². The zero-order valence-corrected chi connectivity index (χ0v) is 6.02. The smallest absolute Gasteiger partial charge is 0.00670 e. The molecule has 1 nitrogen and oxygen atoms in total. The fourth-order valence-corrected chi connectivity index (χ4v) is 1.51. The van der Waals surface area contributed by atoms with Gasteiger partial charge in [-0.3, -0.25) is 0 Å². The van der Waals surface area contributed by atoms with Crippen molar-refractivity contribution in [2.75, 3.05) is 13.6 Å². The van der Waals surface area contributed by atoms with Crippen LogP contribution in [-0.2, 0) is 0 Å². The standard InChI is InChI=1S/C7H15N/c1-6-4-7(2)8(3)5-6/h6-7H,4-5H2,1-3H3/t6-,7+/m0/s1. The fourth-order valence-electron chi connectivity index (χ4n) is 1.51. The van der Waals surface area contributed by atoms with Gasteiger partial charge in [-0.1, -0.05) is 6.92 Å². The molecule has 1 rings (SSSR count). The Morgan fingerprint density at radius 1 is 1.38 bits per heavy atom. The molecular formula is C7H15N. The van der Waals surface area contributed by atoms with Crippen molar-refractivity contribution >= 4 is 0 Å². The van der Waals surface area contributed by atoms with Gasteiger partial charge in [0.2, 0.25) is 0 Å². The summed E-state index contributed by atoms with van der Waals surface area (Å²) in [5.41, 5.74) is 0. The first-order chi connectivity index (χ1) is 3.70. The van der Waals surface area contributed by atoms with Gasteiger partial charge in [0.15, 0.2) is 0 Å². The lowest BCUT2D eigenvalue weighted by Gasteiger charge is -2.12. The molecule has 1 aliphatic rings. The predicted octanol–water partition coefficient (Wildman–Crippen LogP) is 1.35. The summed E-state index contributed by atoms with van der Waals surface area (Å²) < 4.78 is 0. The summed E-state index contributed by atoms with van der Waals surface area (Å²) in [6.07, 6.45) is 1.39. The summed E-state index contributed by atoms with van der Waals surface area (Å²) in [6.45, 7) is 5.91. The van der Waals surface area contributed by atoms with E-state index in [1.807, 2.05) is 0 Å². The van der Waals surface area contributed by atoms with Gasteiger partial charge in [0, 0.05) is 12.6 Å². The lowest BCUT2D eigenvalue weighted by molar-refractivity contribution is 0.327. The average molecular weight is 113 g/mol. The molecule has 2 atom stereocenters. The maximum atomic E-state index is 2.42. The van der Waals surface area contributed by atoms with Crippen LogP contribution in [0.1, 0.15) is 20.3 Å². The molecule has 0 amide bonds. The lowest BCUT2D eigenvalue weighted by Crippen LogP contribution is -2.21. The van der Waals surface area contributed by atoms with Gasteiger partial charge in [-0.25, -0.2) is 0 Å². The van der Waals surface area contributed by atoms with Crippen LogP contribution in [0.3, 0.4) is 0 Å². The van der Waals surface area contributed by atoms with Crippen molar-refractivity contribution in [3.05, 3.63) is 0 Å². The number of nitrogens with zero attached hydrogens (tertiary/aromatic N) is 1. The van der Waals surface area contributed by atoms with E-state index < -0.39 is 0 Å². The lowest BCUT2D eigenvalue weighted by atomic mass is 10.1. The van der Waals surface area contributed by atoms with Gasteiger partial charge in [-0.05, 0) is 26.3 Å². The van der Waals surface area contributed by atoms with Crippen molar-refractivity contribution in [1.82, 2.24) is 4.90 Å². The maximum Gasteiger partial charge on any atom is 0.00670 e. The molecule has 0 bridgehead atoms. The number of likely N-dealkylation sites (tertiary alicyclic amines) is 1. The van der Waals surface area contributed by atoms with Gasteiger partial charge >= 0.3 is 0 Å². The summed E-state index contributed by atoms with van der Waals surface area (Å²) in [4.78, 5) is 2.42. The molecule has 1 heteroatoms. The third-order valence-corrected chi connectivity index (χ3v) is 2.10. The Morgan fingerprint density at radius 3 is 2.12 bits per heavy atom. The minimum Gasteiger partial charge on any atom is -0.303 e. The van der Waals surface area contributed by atoms with E-state index in [-0.39, 0.29) is 0 Å². The monoisotopic (exact) mass is 113 g/mol. The molecule has 0 aromatic carbocycles. The molecule has 1 fully saturated rings. The number of rotatable bonds is 0. The third kappa shape index (κ3) is 1.03. The van der Waals surface area contributed by atoms with Crippen LogP contribution >= 0.6 is 0 Å². The molecular weight excluding hydrogens is 98.1 g/mol. The van der Waals surface area contributed by atoms with E-state index in [1.165, 1.54) is 13.0 Å². The fraction of sp³-hybridized carbons (Fsp3) is 1.00. The van der Waals surface area contributed by atoms with Crippen molar-refractivity contribution in [3.63, 3.8) is 0 Å². The van der Waals surface area contributed by atoms with E-state index in [0.29, 0.717) is 0 Å². The van der Waals surface area contributed by atoms with Crippen LogP contribution < -0.4 is 0 Å². The third-order valence-electron chi connectivity index (χ3n) is 2.10. The molecule has 0 unspecified atom stereocenters. The first kappa shape index (κ1) is 6.09. The van der Waals surface area contributed by atoms with Gasteiger partial charge in [-0.2, -0.15) is 0 Å². The Labute approximate surface area is 51.7 Å². The van der Waals surface area contributed by atoms with Crippen LogP contribution in [0.2, 0.25) is 0 Å². The zero-order valence-electron chi connectivity index (χ0n) is 6.02. The minimum atomic E-state index is 0.824. The van der Waals surface area contributed by atoms with E-state index in [1.54, 1.807) is 0 Å². The molecule has 8 heavy (non-hydrogen) atoms. The second-order valence-electron chi connectivity index (χ2n) is 3.13. The molecule has 0 aliphatic carbocycles. The Bertz CT molecular complexity index is 70.5. The summed E-state index contributed by atoms with van der Waals surface area (Å²) >= 11 is 0. The molecule has 0 radical (unpaired) electrons. The van der Waals surface area contributed by atoms with Gasteiger partial charge in [0.05, 0.1) is 0 Å². The summed E-state index contributed by atoms with van der Waals surface area (Å²) in [6, 6.07) is 0.824. The number of hydrogen-bond acceptors (Lipinski definition) is 1. The second kappa shape index (κ2) is 2.06. The van der Waals surface area contributed by atoms with Crippen molar-refractivity contribution in [2.24, 2.45) is 5.92 Å².